The normalized spacial score (nSPS) is 10.4. The van der Waals surface area contributed by atoms with Gasteiger partial charge < -0.3 is 0 Å². The van der Waals surface area contributed by atoms with Gasteiger partial charge in [-0.15, -0.1) is 11.3 Å². The lowest BCUT2D eigenvalue weighted by atomic mass is 10.2. The minimum absolute atomic E-state index is 0.0680. The van der Waals surface area contributed by atoms with E-state index in [2.05, 4.69) is 5.43 Å². The third kappa shape index (κ3) is 4.05. The number of aryl methyl sites for hydroxylation is 1. The van der Waals surface area contributed by atoms with Crippen molar-refractivity contribution in [3.05, 3.63) is 22.4 Å². The first kappa shape index (κ1) is 10.2. The van der Waals surface area contributed by atoms with Crippen LogP contribution in [0.4, 0.5) is 0 Å². The molecular weight excluding hydrogens is 184 g/mol. The fourth-order valence-corrected chi connectivity index (χ4v) is 1.71. The number of rotatable bonds is 4. The number of amides is 1. The largest absolute Gasteiger partial charge is 0.289 e. The Hall–Kier alpha value is -0.870. The van der Waals surface area contributed by atoms with Gasteiger partial charge >= 0.3 is 0 Å². The van der Waals surface area contributed by atoms with Gasteiger partial charge in [0.1, 0.15) is 0 Å². The van der Waals surface area contributed by atoms with Crippen LogP contribution in [0.1, 0.15) is 11.3 Å². The van der Waals surface area contributed by atoms with E-state index in [1.165, 1.54) is 4.88 Å². The SMILES string of the molecule is CN(C)NC(=O)CCc1cccs1. The van der Waals surface area contributed by atoms with Crippen molar-refractivity contribution in [1.29, 1.82) is 0 Å². The molecule has 72 valence electrons. The van der Waals surface area contributed by atoms with Gasteiger partial charge in [-0.2, -0.15) is 0 Å². The number of nitrogens with zero attached hydrogens (tertiary/aromatic N) is 1. The van der Waals surface area contributed by atoms with Crippen molar-refractivity contribution in [1.82, 2.24) is 10.4 Å². The lowest BCUT2D eigenvalue weighted by molar-refractivity contribution is -0.124. The molecule has 0 unspecified atom stereocenters. The molecule has 1 amide bonds. The van der Waals surface area contributed by atoms with Crippen LogP contribution in [0.15, 0.2) is 17.5 Å². The van der Waals surface area contributed by atoms with Gasteiger partial charge in [-0.05, 0) is 17.9 Å². The topological polar surface area (TPSA) is 32.3 Å². The van der Waals surface area contributed by atoms with Crippen LogP contribution in [0.5, 0.6) is 0 Å². The minimum atomic E-state index is 0.0680. The fourth-order valence-electron chi connectivity index (χ4n) is 0.997. The van der Waals surface area contributed by atoms with Crippen LogP contribution in [-0.2, 0) is 11.2 Å². The van der Waals surface area contributed by atoms with Gasteiger partial charge in [-0.1, -0.05) is 6.07 Å². The zero-order chi connectivity index (χ0) is 9.68. The van der Waals surface area contributed by atoms with Crippen LogP contribution in [0.25, 0.3) is 0 Å². The monoisotopic (exact) mass is 198 g/mol. The number of nitrogens with one attached hydrogen (secondary N) is 1. The number of carbonyl (C=O) groups excluding carboxylic acids is 1. The Morgan fingerprint density at radius 3 is 2.92 bits per heavy atom. The Bertz CT molecular complexity index is 257. The molecule has 0 saturated carbocycles. The van der Waals surface area contributed by atoms with E-state index in [0.717, 1.165) is 6.42 Å². The van der Waals surface area contributed by atoms with Crippen molar-refractivity contribution in [3.63, 3.8) is 0 Å². The summed E-state index contributed by atoms with van der Waals surface area (Å²) in [7, 11) is 3.62. The molecule has 13 heavy (non-hydrogen) atoms. The molecule has 0 aliphatic carbocycles. The zero-order valence-electron chi connectivity index (χ0n) is 7.91. The van der Waals surface area contributed by atoms with Gasteiger partial charge in [-0.25, -0.2) is 5.01 Å². The highest BCUT2D eigenvalue weighted by atomic mass is 32.1. The molecule has 0 saturated heterocycles. The molecule has 1 aromatic rings. The van der Waals surface area contributed by atoms with Crippen LogP contribution < -0.4 is 5.43 Å². The summed E-state index contributed by atoms with van der Waals surface area (Å²) in [6.07, 6.45) is 1.38. The van der Waals surface area contributed by atoms with E-state index in [-0.39, 0.29) is 5.91 Å². The minimum Gasteiger partial charge on any atom is -0.289 e. The molecule has 0 bridgehead atoms. The summed E-state index contributed by atoms with van der Waals surface area (Å²) in [5.74, 6) is 0.0680. The van der Waals surface area contributed by atoms with E-state index in [1.807, 2.05) is 31.6 Å². The van der Waals surface area contributed by atoms with Gasteiger partial charge in [0.15, 0.2) is 0 Å². The third-order valence-electron chi connectivity index (χ3n) is 1.53. The molecule has 1 aromatic heterocycles. The Balaban J connectivity index is 2.23. The second kappa shape index (κ2) is 4.99. The van der Waals surface area contributed by atoms with Crippen molar-refractivity contribution in [2.45, 2.75) is 12.8 Å². The first-order valence-corrected chi connectivity index (χ1v) is 5.05. The fraction of sp³-hybridized carbons (Fsp3) is 0.444. The second-order valence-corrected chi connectivity index (χ2v) is 4.04. The summed E-state index contributed by atoms with van der Waals surface area (Å²) < 4.78 is 0. The van der Waals surface area contributed by atoms with E-state index >= 15 is 0 Å². The second-order valence-electron chi connectivity index (χ2n) is 3.01. The summed E-state index contributed by atoms with van der Waals surface area (Å²) in [5, 5.41) is 3.69. The van der Waals surface area contributed by atoms with Crippen LogP contribution in [0.3, 0.4) is 0 Å². The maximum atomic E-state index is 11.2. The Labute approximate surface area is 82.3 Å². The molecule has 0 aliphatic rings. The predicted molar refractivity (Wildman–Crippen MR) is 54.5 cm³/mol. The first-order chi connectivity index (χ1) is 6.18. The van der Waals surface area contributed by atoms with Gasteiger partial charge in [-0.3, -0.25) is 10.2 Å². The van der Waals surface area contributed by atoms with Crippen molar-refractivity contribution >= 4 is 17.2 Å². The summed E-state index contributed by atoms with van der Waals surface area (Å²) in [6.45, 7) is 0. The van der Waals surface area contributed by atoms with E-state index in [0.29, 0.717) is 6.42 Å². The molecule has 0 fully saturated rings. The molecular formula is C9H14N2OS. The predicted octanol–water partition coefficient (Wildman–Crippen LogP) is 1.27. The van der Waals surface area contributed by atoms with Gasteiger partial charge in [0.25, 0.3) is 0 Å². The number of thiophene rings is 1. The quantitative estimate of drug-likeness (QED) is 0.739. The average Bonchev–Trinajstić information content (AvgIpc) is 2.51. The maximum absolute atomic E-state index is 11.2. The standard InChI is InChI=1S/C9H14N2OS/c1-11(2)10-9(12)6-5-8-4-3-7-13-8/h3-4,7H,5-6H2,1-2H3,(H,10,12). The average molecular weight is 198 g/mol. The summed E-state index contributed by atoms with van der Waals surface area (Å²) >= 11 is 1.69. The van der Waals surface area contributed by atoms with Crippen LogP contribution >= 0.6 is 11.3 Å². The van der Waals surface area contributed by atoms with E-state index in [1.54, 1.807) is 16.3 Å². The van der Waals surface area contributed by atoms with Crippen molar-refractivity contribution < 1.29 is 4.79 Å². The molecule has 0 aromatic carbocycles. The molecule has 3 nitrogen and oxygen atoms in total. The Morgan fingerprint density at radius 1 is 1.62 bits per heavy atom. The van der Waals surface area contributed by atoms with Crippen molar-refractivity contribution in [2.75, 3.05) is 14.1 Å². The number of hydrazine groups is 1. The highest BCUT2D eigenvalue weighted by Gasteiger charge is 2.02. The molecule has 0 radical (unpaired) electrons. The summed E-state index contributed by atoms with van der Waals surface area (Å²) in [4.78, 5) is 12.5. The zero-order valence-corrected chi connectivity index (χ0v) is 8.73. The number of hydrogen-bond acceptors (Lipinski definition) is 3. The Kier molecular flexibility index (Phi) is 3.92. The van der Waals surface area contributed by atoms with Crippen LogP contribution in [0, 0.1) is 0 Å². The molecule has 1 heterocycles. The molecule has 4 heteroatoms. The number of carbonyl (C=O) groups is 1. The van der Waals surface area contributed by atoms with Crippen LogP contribution in [0.2, 0.25) is 0 Å². The van der Waals surface area contributed by atoms with Crippen molar-refractivity contribution in [3.8, 4) is 0 Å². The molecule has 1 N–H and O–H groups in total. The molecule has 0 spiro atoms. The smallest absolute Gasteiger partial charge is 0.234 e. The summed E-state index contributed by atoms with van der Waals surface area (Å²) in [5.41, 5.74) is 2.70. The van der Waals surface area contributed by atoms with E-state index < -0.39 is 0 Å². The molecule has 1 rings (SSSR count). The van der Waals surface area contributed by atoms with E-state index in [4.69, 9.17) is 0 Å². The van der Waals surface area contributed by atoms with Crippen molar-refractivity contribution in [2.24, 2.45) is 0 Å². The highest BCUT2D eigenvalue weighted by molar-refractivity contribution is 7.09. The highest BCUT2D eigenvalue weighted by Crippen LogP contribution is 2.10. The molecule has 0 atom stereocenters. The third-order valence-corrected chi connectivity index (χ3v) is 2.46. The van der Waals surface area contributed by atoms with Gasteiger partial charge in [0.2, 0.25) is 5.91 Å². The lowest BCUT2D eigenvalue weighted by Crippen LogP contribution is -2.36. The first-order valence-electron chi connectivity index (χ1n) is 4.17. The maximum Gasteiger partial charge on any atom is 0.234 e. The number of hydrogen-bond donors (Lipinski definition) is 1. The molecule has 0 aliphatic heterocycles. The lowest BCUT2D eigenvalue weighted by Gasteiger charge is -2.10. The van der Waals surface area contributed by atoms with Gasteiger partial charge in [0, 0.05) is 25.4 Å². The summed E-state index contributed by atoms with van der Waals surface area (Å²) in [6, 6.07) is 4.05. The Morgan fingerprint density at radius 2 is 2.38 bits per heavy atom. The van der Waals surface area contributed by atoms with E-state index in [9.17, 15) is 4.79 Å². The van der Waals surface area contributed by atoms with Crippen LogP contribution in [-0.4, -0.2) is 25.0 Å². The van der Waals surface area contributed by atoms with Gasteiger partial charge in [0.05, 0.1) is 0 Å².